The van der Waals surface area contributed by atoms with Crippen LogP contribution in [-0.4, -0.2) is 18.9 Å². The highest BCUT2D eigenvalue weighted by Gasteiger charge is 2.19. The van der Waals surface area contributed by atoms with Gasteiger partial charge in [-0.05, 0) is 18.6 Å². The number of nitrogens with two attached hydrogens (primary N) is 1. The SMILES string of the molecule is Cc1ccccc1N(C)C(=O)C(=O)NN. The van der Waals surface area contributed by atoms with E-state index in [-0.39, 0.29) is 0 Å². The predicted octanol–water partition coefficient (Wildman–Crippen LogP) is -0.0523. The van der Waals surface area contributed by atoms with Gasteiger partial charge in [-0.3, -0.25) is 15.0 Å². The Labute approximate surface area is 87.8 Å². The van der Waals surface area contributed by atoms with E-state index in [9.17, 15) is 9.59 Å². The quantitative estimate of drug-likeness (QED) is 0.293. The fourth-order valence-electron chi connectivity index (χ4n) is 1.26. The summed E-state index contributed by atoms with van der Waals surface area (Å²) < 4.78 is 0. The van der Waals surface area contributed by atoms with E-state index in [0.717, 1.165) is 5.56 Å². The van der Waals surface area contributed by atoms with Crippen molar-refractivity contribution in [3.05, 3.63) is 29.8 Å². The second-order valence-electron chi connectivity index (χ2n) is 3.12. The number of carbonyl (C=O) groups is 2. The van der Waals surface area contributed by atoms with Crippen LogP contribution in [0.5, 0.6) is 0 Å². The van der Waals surface area contributed by atoms with Crippen molar-refractivity contribution in [2.75, 3.05) is 11.9 Å². The maximum Gasteiger partial charge on any atom is 0.323 e. The molecule has 0 atom stereocenters. The predicted molar refractivity (Wildman–Crippen MR) is 56.9 cm³/mol. The standard InChI is InChI=1S/C10H13N3O2/c1-7-5-3-4-6-8(7)13(2)10(15)9(14)12-11/h3-6H,11H2,1-2H3,(H,12,14). The van der Waals surface area contributed by atoms with Crippen LogP contribution >= 0.6 is 0 Å². The molecule has 5 nitrogen and oxygen atoms in total. The van der Waals surface area contributed by atoms with Gasteiger partial charge in [-0.2, -0.15) is 0 Å². The second-order valence-corrected chi connectivity index (χ2v) is 3.12. The van der Waals surface area contributed by atoms with E-state index < -0.39 is 11.8 Å². The molecule has 3 N–H and O–H groups in total. The topological polar surface area (TPSA) is 75.4 Å². The summed E-state index contributed by atoms with van der Waals surface area (Å²) >= 11 is 0. The van der Waals surface area contributed by atoms with E-state index in [1.807, 2.05) is 19.1 Å². The zero-order chi connectivity index (χ0) is 11.4. The number of aryl methyl sites for hydroxylation is 1. The second kappa shape index (κ2) is 4.56. The Morgan fingerprint density at radius 2 is 1.93 bits per heavy atom. The van der Waals surface area contributed by atoms with Crippen molar-refractivity contribution in [2.24, 2.45) is 5.84 Å². The third-order valence-electron chi connectivity index (χ3n) is 2.11. The fourth-order valence-corrected chi connectivity index (χ4v) is 1.26. The summed E-state index contributed by atoms with van der Waals surface area (Å²) in [5.74, 6) is 3.36. The van der Waals surface area contributed by atoms with Crippen LogP contribution in [0.3, 0.4) is 0 Å². The fraction of sp³-hybridized carbons (Fsp3) is 0.200. The van der Waals surface area contributed by atoms with E-state index in [1.165, 1.54) is 11.9 Å². The van der Waals surface area contributed by atoms with Gasteiger partial charge in [0, 0.05) is 12.7 Å². The first-order chi connectivity index (χ1) is 7.07. The molecule has 0 heterocycles. The van der Waals surface area contributed by atoms with Gasteiger partial charge in [0.05, 0.1) is 0 Å². The van der Waals surface area contributed by atoms with Gasteiger partial charge >= 0.3 is 11.8 Å². The molecule has 0 spiro atoms. The number of nitrogens with zero attached hydrogens (tertiary/aromatic N) is 1. The Bertz CT molecular complexity index is 390. The lowest BCUT2D eigenvalue weighted by molar-refractivity contribution is -0.137. The number of nitrogens with one attached hydrogen (secondary N) is 1. The van der Waals surface area contributed by atoms with E-state index >= 15 is 0 Å². The smallest absolute Gasteiger partial charge is 0.307 e. The number of anilines is 1. The molecule has 1 rings (SSSR count). The molecule has 0 saturated carbocycles. The summed E-state index contributed by atoms with van der Waals surface area (Å²) in [5.41, 5.74) is 3.41. The summed E-state index contributed by atoms with van der Waals surface area (Å²) in [7, 11) is 1.53. The Kier molecular flexibility index (Phi) is 3.41. The van der Waals surface area contributed by atoms with Gasteiger partial charge < -0.3 is 4.90 Å². The molecule has 0 unspecified atom stereocenters. The van der Waals surface area contributed by atoms with Gasteiger partial charge in [0.2, 0.25) is 0 Å². The first-order valence-corrected chi connectivity index (χ1v) is 4.42. The van der Waals surface area contributed by atoms with Gasteiger partial charge in [0.1, 0.15) is 0 Å². The number of amides is 2. The molecule has 15 heavy (non-hydrogen) atoms. The highest BCUT2D eigenvalue weighted by atomic mass is 16.2. The lowest BCUT2D eigenvalue weighted by Crippen LogP contribution is -2.44. The van der Waals surface area contributed by atoms with E-state index in [0.29, 0.717) is 5.69 Å². The van der Waals surface area contributed by atoms with Gasteiger partial charge in [-0.25, -0.2) is 5.84 Å². The molecule has 2 amide bonds. The molecule has 0 radical (unpaired) electrons. The summed E-state index contributed by atoms with van der Waals surface area (Å²) in [4.78, 5) is 23.7. The van der Waals surface area contributed by atoms with Crippen molar-refractivity contribution >= 4 is 17.5 Å². The molecule has 80 valence electrons. The Hall–Kier alpha value is -1.88. The number of hydrogen-bond donors (Lipinski definition) is 2. The minimum Gasteiger partial charge on any atom is -0.307 e. The van der Waals surface area contributed by atoms with Crippen molar-refractivity contribution in [2.45, 2.75) is 6.92 Å². The molecule has 0 saturated heterocycles. The first-order valence-electron chi connectivity index (χ1n) is 4.42. The molecule has 0 fully saturated rings. The zero-order valence-electron chi connectivity index (χ0n) is 8.65. The monoisotopic (exact) mass is 207 g/mol. The highest BCUT2D eigenvalue weighted by Crippen LogP contribution is 2.17. The summed E-state index contributed by atoms with van der Waals surface area (Å²) in [6, 6.07) is 7.28. The van der Waals surface area contributed by atoms with Crippen molar-refractivity contribution in [3.8, 4) is 0 Å². The average Bonchev–Trinajstić information content (AvgIpc) is 2.26. The van der Waals surface area contributed by atoms with Crippen LogP contribution in [0.25, 0.3) is 0 Å². The number of benzene rings is 1. The normalized spacial score (nSPS) is 9.53. The van der Waals surface area contributed by atoms with E-state index in [1.54, 1.807) is 17.6 Å². The van der Waals surface area contributed by atoms with Gasteiger partial charge in [-0.15, -0.1) is 0 Å². The minimum absolute atomic E-state index is 0.686. The van der Waals surface area contributed by atoms with Crippen molar-refractivity contribution in [1.29, 1.82) is 0 Å². The van der Waals surface area contributed by atoms with E-state index in [2.05, 4.69) is 0 Å². The van der Waals surface area contributed by atoms with Crippen LogP contribution in [-0.2, 0) is 9.59 Å². The average molecular weight is 207 g/mol. The largest absolute Gasteiger partial charge is 0.323 e. The summed E-state index contributed by atoms with van der Waals surface area (Å²) in [5, 5.41) is 0. The molecular formula is C10H13N3O2. The third kappa shape index (κ3) is 2.32. The number of likely N-dealkylation sites (N-methyl/N-ethyl adjacent to an activating group) is 1. The molecule has 0 aliphatic carbocycles. The molecular weight excluding hydrogens is 194 g/mol. The van der Waals surface area contributed by atoms with Crippen LogP contribution in [0.2, 0.25) is 0 Å². The van der Waals surface area contributed by atoms with Crippen LogP contribution in [0, 0.1) is 6.92 Å². The lowest BCUT2D eigenvalue weighted by Gasteiger charge is -2.17. The number of para-hydroxylation sites is 1. The summed E-state index contributed by atoms with van der Waals surface area (Å²) in [6.45, 7) is 1.86. The van der Waals surface area contributed by atoms with Crippen molar-refractivity contribution < 1.29 is 9.59 Å². The van der Waals surface area contributed by atoms with Crippen molar-refractivity contribution in [3.63, 3.8) is 0 Å². The molecule has 0 aromatic heterocycles. The zero-order valence-corrected chi connectivity index (χ0v) is 8.65. The van der Waals surface area contributed by atoms with Gasteiger partial charge in [0.25, 0.3) is 0 Å². The van der Waals surface area contributed by atoms with Crippen LogP contribution in [0.1, 0.15) is 5.56 Å². The third-order valence-corrected chi connectivity index (χ3v) is 2.11. The maximum absolute atomic E-state index is 11.5. The Balaban J connectivity index is 2.95. The lowest BCUT2D eigenvalue weighted by atomic mass is 10.2. The molecule has 1 aromatic rings. The van der Waals surface area contributed by atoms with E-state index in [4.69, 9.17) is 5.84 Å². The number of rotatable bonds is 1. The maximum atomic E-state index is 11.5. The molecule has 0 aliphatic rings. The highest BCUT2D eigenvalue weighted by molar-refractivity contribution is 6.40. The molecule has 1 aromatic carbocycles. The van der Waals surface area contributed by atoms with Crippen LogP contribution in [0.4, 0.5) is 5.69 Å². The van der Waals surface area contributed by atoms with Gasteiger partial charge in [0.15, 0.2) is 0 Å². The Morgan fingerprint density at radius 1 is 1.33 bits per heavy atom. The first kappa shape index (κ1) is 11.2. The Morgan fingerprint density at radius 3 is 2.47 bits per heavy atom. The number of hydrogen-bond acceptors (Lipinski definition) is 3. The van der Waals surface area contributed by atoms with Crippen LogP contribution < -0.4 is 16.2 Å². The minimum atomic E-state index is -0.833. The molecule has 0 aliphatic heterocycles. The number of hydrazine groups is 1. The molecule has 0 bridgehead atoms. The molecule has 5 heteroatoms. The van der Waals surface area contributed by atoms with Gasteiger partial charge in [-0.1, -0.05) is 18.2 Å². The summed E-state index contributed by atoms with van der Waals surface area (Å²) in [6.07, 6.45) is 0. The van der Waals surface area contributed by atoms with Crippen LogP contribution in [0.15, 0.2) is 24.3 Å². The number of carbonyl (C=O) groups excluding carboxylic acids is 2. The van der Waals surface area contributed by atoms with Crippen molar-refractivity contribution in [1.82, 2.24) is 5.43 Å².